The van der Waals surface area contributed by atoms with E-state index in [1.54, 1.807) is 24.3 Å². The number of nitrogens with one attached hydrogen (secondary N) is 3. The molecule has 1 unspecified atom stereocenters. The standard InChI is InChI=1S/C13H16N4O2/c14-7-10-2-1-3-11(6-10)17-13(18)16-8-12-9-19-5-4-15-12/h1-3,6,12,15H,4-5,8-9H2,(H2,16,17,18). The van der Waals surface area contributed by atoms with Crippen LogP contribution in [0.1, 0.15) is 5.56 Å². The smallest absolute Gasteiger partial charge is 0.319 e. The van der Waals surface area contributed by atoms with Gasteiger partial charge >= 0.3 is 6.03 Å². The zero-order valence-corrected chi connectivity index (χ0v) is 10.5. The molecule has 19 heavy (non-hydrogen) atoms. The summed E-state index contributed by atoms with van der Waals surface area (Å²) in [6, 6.07) is 8.66. The van der Waals surface area contributed by atoms with Crippen molar-refractivity contribution in [3.05, 3.63) is 29.8 Å². The van der Waals surface area contributed by atoms with Gasteiger partial charge in [-0.05, 0) is 18.2 Å². The fraction of sp³-hybridized carbons (Fsp3) is 0.385. The molecule has 0 aliphatic carbocycles. The molecule has 1 atom stereocenters. The van der Waals surface area contributed by atoms with Crippen molar-refractivity contribution in [3.63, 3.8) is 0 Å². The summed E-state index contributed by atoms with van der Waals surface area (Å²) in [4.78, 5) is 11.7. The van der Waals surface area contributed by atoms with E-state index in [-0.39, 0.29) is 12.1 Å². The molecule has 0 aromatic heterocycles. The van der Waals surface area contributed by atoms with E-state index in [9.17, 15) is 4.79 Å². The van der Waals surface area contributed by atoms with Gasteiger partial charge < -0.3 is 20.7 Å². The Bertz CT molecular complexity index is 478. The van der Waals surface area contributed by atoms with E-state index in [2.05, 4.69) is 16.0 Å². The van der Waals surface area contributed by atoms with Crippen molar-refractivity contribution < 1.29 is 9.53 Å². The minimum Gasteiger partial charge on any atom is -0.378 e. The highest BCUT2D eigenvalue weighted by Crippen LogP contribution is 2.09. The fourth-order valence-electron chi connectivity index (χ4n) is 1.81. The second-order valence-electron chi connectivity index (χ2n) is 4.25. The molecule has 1 aliphatic heterocycles. The highest BCUT2D eigenvalue weighted by molar-refractivity contribution is 5.89. The fourth-order valence-corrected chi connectivity index (χ4v) is 1.81. The molecule has 2 amide bonds. The van der Waals surface area contributed by atoms with Crippen molar-refractivity contribution in [2.24, 2.45) is 0 Å². The molecule has 0 spiro atoms. The predicted molar refractivity (Wildman–Crippen MR) is 70.8 cm³/mol. The normalized spacial score (nSPS) is 18.4. The van der Waals surface area contributed by atoms with Crippen molar-refractivity contribution in [1.29, 1.82) is 5.26 Å². The summed E-state index contributed by atoms with van der Waals surface area (Å²) in [7, 11) is 0. The molecule has 3 N–H and O–H groups in total. The summed E-state index contributed by atoms with van der Waals surface area (Å²) in [6.45, 7) is 2.62. The average Bonchev–Trinajstić information content (AvgIpc) is 2.46. The highest BCUT2D eigenvalue weighted by Gasteiger charge is 2.13. The van der Waals surface area contributed by atoms with Crippen LogP contribution in [0.15, 0.2) is 24.3 Å². The minimum absolute atomic E-state index is 0.143. The number of rotatable bonds is 3. The Morgan fingerprint density at radius 2 is 2.47 bits per heavy atom. The van der Waals surface area contributed by atoms with Crippen LogP contribution >= 0.6 is 0 Å². The first-order chi connectivity index (χ1) is 9.28. The summed E-state index contributed by atoms with van der Waals surface area (Å²) >= 11 is 0. The minimum atomic E-state index is -0.289. The monoisotopic (exact) mass is 260 g/mol. The molecule has 100 valence electrons. The third-order valence-electron chi connectivity index (χ3n) is 2.76. The van der Waals surface area contributed by atoms with Crippen molar-refractivity contribution >= 4 is 11.7 Å². The van der Waals surface area contributed by atoms with Gasteiger partial charge in [-0.1, -0.05) is 6.07 Å². The van der Waals surface area contributed by atoms with E-state index in [1.165, 1.54) is 0 Å². The number of morpholine rings is 1. The highest BCUT2D eigenvalue weighted by atomic mass is 16.5. The maximum atomic E-state index is 11.7. The van der Waals surface area contributed by atoms with Crippen LogP contribution in [0.5, 0.6) is 0 Å². The van der Waals surface area contributed by atoms with Crippen LogP contribution in [0.2, 0.25) is 0 Å². The van der Waals surface area contributed by atoms with Gasteiger partial charge in [0.05, 0.1) is 24.8 Å². The Hall–Kier alpha value is -2.10. The third-order valence-corrected chi connectivity index (χ3v) is 2.76. The second-order valence-corrected chi connectivity index (χ2v) is 4.25. The number of amides is 2. The molecule has 0 saturated carbocycles. The van der Waals surface area contributed by atoms with Crippen LogP contribution in [0.3, 0.4) is 0 Å². The average molecular weight is 260 g/mol. The molecule has 1 heterocycles. The number of nitrogens with zero attached hydrogens (tertiary/aromatic N) is 1. The number of ether oxygens (including phenoxy) is 1. The number of benzene rings is 1. The largest absolute Gasteiger partial charge is 0.378 e. The van der Waals surface area contributed by atoms with Crippen molar-refractivity contribution in [2.45, 2.75) is 6.04 Å². The van der Waals surface area contributed by atoms with Crippen molar-refractivity contribution in [1.82, 2.24) is 10.6 Å². The first kappa shape index (κ1) is 13.3. The number of anilines is 1. The number of carbonyl (C=O) groups excluding carboxylic acids is 1. The van der Waals surface area contributed by atoms with Gasteiger partial charge in [0.15, 0.2) is 0 Å². The number of hydrogen-bond acceptors (Lipinski definition) is 4. The quantitative estimate of drug-likeness (QED) is 0.745. The molecule has 6 heteroatoms. The Labute approximate surface area is 111 Å². The maximum Gasteiger partial charge on any atom is 0.319 e. The van der Waals surface area contributed by atoms with Crippen LogP contribution < -0.4 is 16.0 Å². The Morgan fingerprint density at radius 3 is 3.21 bits per heavy atom. The van der Waals surface area contributed by atoms with Gasteiger partial charge in [-0.2, -0.15) is 5.26 Å². The number of nitriles is 1. The molecule has 2 rings (SSSR count). The van der Waals surface area contributed by atoms with E-state index in [0.717, 1.165) is 6.54 Å². The van der Waals surface area contributed by atoms with Gasteiger partial charge in [0.25, 0.3) is 0 Å². The first-order valence-electron chi connectivity index (χ1n) is 6.14. The topological polar surface area (TPSA) is 86.2 Å². The number of carbonyl (C=O) groups is 1. The summed E-state index contributed by atoms with van der Waals surface area (Å²) in [6.07, 6.45) is 0. The Kier molecular flexibility index (Phi) is 4.72. The summed E-state index contributed by atoms with van der Waals surface area (Å²) in [5.41, 5.74) is 1.12. The van der Waals surface area contributed by atoms with E-state index in [0.29, 0.717) is 31.0 Å². The van der Waals surface area contributed by atoms with Gasteiger partial charge in [-0.25, -0.2) is 4.79 Å². The van der Waals surface area contributed by atoms with Gasteiger partial charge in [0.2, 0.25) is 0 Å². The van der Waals surface area contributed by atoms with Crippen LogP contribution in [0, 0.1) is 11.3 Å². The lowest BCUT2D eigenvalue weighted by Gasteiger charge is -2.23. The Balaban J connectivity index is 1.78. The van der Waals surface area contributed by atoms with Gasteiger partial charge in [-0.15, -0.1) is 0 Å². The lowest BCUT2D eigenvalue weighted by Crippen LogP contribution is -2.49. The van der Waals surface area contributed by atoms with Gasteiger partial charge in [-0.3, -0.25) is 0 Å². The van der Waals surface area contributed by atoms with E-state index >= 15 is 0 Å². The van der Waals surface area contributed by atoms with Crippen LogP contribution in [-0.4, -0.2) is 38.4 Å². The molecule has 1 aliphatic rings. The van der Waals surface area contributed by atoms with Gasteiger partial charge in [0, 0.05) is 24.8 Å². The molecule has 0 bridgehead atoms. The lowest BCUT2D eigenvalue weighted by atomic mass is 10.2. The predicted octanol–water partition coefficient (Wildman–Crippen LogP) is 0.668. The number of urea groups is 1. The second kappa shape index (κ2) is 6.73. The molecule has 0 radical (unpaired) electrons. The van der Waals surface area contributed by atoms with Gasteiger partial charge in [0.1, 0.15) is 0 Å². The lowest BCUT2D eigenvalue weighted by molar-refractivity contribution is 0.0776. The molecular weight excluding hydrogens is 244 g/mol. The SMILES string of the molecule is N#Cc1cccc(NC(=O)NCC2COCCN2)c1. The first-order valence-corrected chi connectivity index (χ1v) is 6.14. The Morgan fingerprint density at radius 1 is 1.58 bits per heavy atom. The zero-order valence-electron chi connectivity index (χ0n) is 10.5. The molecule has 1 fully saturated rings. The summed E-state index contributed by atoms with van der Waals surface area (Å²) in [5, 5.41) is 17.5. The van der Waals surface area contributed by atoms with Crippen molar-refractivity contribution in [2.75, 3.05) is 31.6 Å². The third kappa shape index (κ3) is 4.25. The molecular formula is C13H16N4O2. The van der Waals surface area contributed by atoms with E-state index < -0.39 is 0 Å². The van der Waals surface area contributed by atoms with E-state index in [4.69, 9.17) is 10.00 Å². The molecule has 6 nitrogen and oxygen atoms in total. The summed E-state index contributed by atoms with van der Waals surface area (Å²) < 4.78 is 5.29. The summed E-state index contributed by atoms with van der Waals surface area (Å²) in [5.74, 6) is 0. The van der Waals surface area contributed by atoms with Crippen molar-refractivity contribution in [3.8, 4) is 6.07 Å². The zero-order chi connectivity index (χ0) is 13.5. The van der Waals surface area contributed by atoms with Crippen LogP contribution in [-0.2, 0) is 4.74 Å². The molecule has 1 aromatic carbocycles. The van der Waals surface area contributed by atoms with Crippen LogP contribution in [0.4, 0.5) is 10.5 Å². The molecule has 1 aromatic rings. The maximum absolute atomic E-state index is 11.7. The van der Waals surface area contributed by atoms with E-state index in [1.807, 2.05) is 6.07 Å². The van der Waals surface area contributed by atoms with Crippen LogP contribution in [0.25, 0.3) is 0 Å². The molecule has 1 saturated heterocycles. The number of hydrogen-bond donors (Lipinski definition) is 3.